The molecule has 1 aliphatic carbocycles. The predicted octanol–water partition coefficient (Wildman–Crippen LogP) is 1.90. The second-order valence-corrected chi connectivity index (χ2v) is 8.34. The van der Waals surface area contributed by atoms with Crippen LogP contribution in [-0.2, 0) is 11.3 Å². The van der Waals surface area contributed by atoms with Gasteiger partial charge in [0.2, 0.25) is 17.6 Å². The zero-order chi connectivity index (χ0) is 22.2. The fraction of sp³-hybridized carbons (Fsp3) is 0.476. The Bertz CT molecular complexity index is 1150. The Morgan fingerprint density at radius 3 is 2.97 bits per heavy atom. The molecule has 32 heavy (non-hydrogen) atoms. The third-order valence-electron chi connectivity index (χ3n) is 5.88. The number of fused-ring (bicyclic) bond motifs is 1. The monoisotopic (exact) mass is 440 g/mol. The summed E-state index contributed by atoms with van der Waals surface area (Å²) in [4.78, 5) is 27.3. The molecule has 4 heterocycles. The van der Waals surface area contributed by atoms with Gasteiger partial charge in [-0.3, -0.25) is 9.20 Å². The number of hydrogen-bond donors (Lipinski definition) is 2. The molecule has 2 atom stereocenters. The number of halogens is 1. The highest BCUT2D eigenvalue weighted by molar-refractivity contribution is 5.80. The van der Waals surface area contributed by atoms with Crippen LogP contribution in [-0.4, -0.2) is 67.7 Å². The lowest BCUT2D eigenvalue weighted by molar-refractivity contribution is -0.122. The lowest BCUT2D eigenvalue weighted by Crippen LogP contribution is -2.46. The predicted molar refractivity (Wildman–Crippen MR) is 115 cm³/mol. The zero-order valence-electron chi connectivity index (χ0n) is 17.8. The molecule has 3 aromatic rings. The Labute approximate surface area is 183 Å². The molecule has 168 valence electrons. The van der Waals surface area contributed by atoms with Crippen molar-refractivity contribution in [1.29, 1.82) is 0 Å². The van der Waals surface area contributed by atoms with Crippen LogP contribution in [0.4, 0.5) is 10.2 Å². The largest absolute Gasteiger partial charge is 0.361 e. The van der Waals surface area contributed by atoms with Gasteiger partial charge in [0.05, 0.1) is 18.3 Å². The fourth-order valence-electron chi connectivity index (χ4n) is 3.93. The SMILES string of the molecule is C=Cc1c(-c2noc(CNC(=O)C3CC3)n2)nc2c(N[C@@H]3CCN(C)C[C@@H]3F)nccn12. The molecule has 3 aromatic heterocycles. The molecule has 0 bridgehead atoms. The highest BCUT2D eigenvalue weighted by atomic mass is 19.1. The average Bonchev–Trinajstić information content (AvgIpc) is 3.41. The van der Waals surface area contributed by atoms with Crippen LogP contribution < -0.4 is 10.6 Å². The smallest absolute Gasteiger partial charge is 0.246 e. The molecule has 0 spiro atoms. The number of likely N-dealkylation sites (tertiary alicyclic amines) is 1. The Hall–Kier alpha value is -3.34. The molecule has 1 saturated carbocycles. The number of anilines is 1. The van der Waals surface area contributed by atoms with Crippen molar-refractivity contribution in [3.63, 3.8) is 0 Å². The molecule has 0 aromatic carbocycles. The summed E-state index contributed by atoms with van der Waals surface area (Å²) in [5.74, 6) is 1.18. The van der Waals surface area contributed by atoms with Gasteiger partial charge < -0.3 is 20.1 Å². The van der Waals surface area contributed by atoms with Gasteiger partial charge in [0.1, 0.15) is 11.9 Å². The van der Waals surface area contributed by atoms with E-state index in [9.17, 15) is 9.18 Å². The number of hydrogen-bond acceptors (Lipinski definition) is 8. The summed E-state index contributed by atoms with van der Waals surface area (Å²) in [6.07, 6.45) is 6.55. The second-order valence-electron chi connectivity index (χ2n) is 8.34. The van der Waals surface area contributed by atoms with Crippen LogP contribution in [0.3, 0.4) is 0 Å². The van der Waals surface area contributed by atoms with Gasteiger partial charge in [-0.05, 0) is 32.4 Å². The van der Waals surface area contributed by atoms with Gasteiger partial charge in [-0.15, -0.1) is 0 Å². The van der Waals surface area contributed by atoms with E-state index >= 15 is 0 Å². The van der Waals surface area contributed by atoms with E-state index in [-0.39, 0.29) is 30.2 Å². The third kappa shape index (κ3) is 3.95. The first-order valence-electron chi connectivity index (χ1n) is 10.7. The van der Waals surface area contributed by atoms with Gasteiger partial charge in [0.15, 0.2) is 11.5 Å². The average molecular weight is 440 g/mol. The van der Waals surface area contributed by atoms with Gasteiger partial charge >= 0.3 is 0 Å². The normalized spacial score (nSPS) is 21.6. The zero-order valence-corrected chi connectivity index (χ0v) is 17.8. The third-order valence-corrected chi connectivity index (χ3v) is 5.88. The number of carbonyl (C=O) groups excluding carboxylic acids is 1. The summed E-state index contributed by atoms with van der Waals surface area (Å²) < 4.78 is 21.7. The summed E-state index contributed by atoms with van der Waals surface area (Å²) in [6, 6.07) is -0.343. The Morgan fingerprint density at radius 1 is 1.38 bits per heavy atom. The van der Waals surface area contributed by atoms with E-state index in [0.29, 0.717) is 41.7 Å². The molecule has 11 heteroatoms. The maximum absolute atomic E-state index is 14.5. The summed E-state index contributed by atoms with van der Waals surface area (Å²) in [5, 5.41) is 10.1. The Morgan fingerprint density at radius 2 is 2.22 bits per heavy atom. The van der Waals surface area contributed by atoms with Crippen LogP contribution >= 0.6 is 0 Å². The summed E-state index contributed by atoms with van der Waals surface area (Å²) >= 11 is 0. The maximum Gasteiger partial charge on any atom is 0.246 e. The molecule has 2 aliphatic rings. The van der Waals surface area contributed by atoms with E-state index in [1.807, 2.05) is 16.3 Å². The lowest BCUT2D eigenvalue weighted by Gasteiger charge is -2.32. The fourth-order valence-corrected chi connectivity index (χ4v) is 3.93. The number of amides is 1. The number of alkyl halides is 1. The molecule has 1 saturated heterocycles. The van der Waals surface area contributed by atoms with Crippen molar-refractivity contribution in [2.24, 2.45) is 5.92 Å². The molecule has 0 unspecified atom stereocenters. The van der Waals surface area contributed by atoms with Gasteiger partial charge in [0, 0.05) is 31.4 Å². The molecule has 5 rings (SSSR count). The molecule has 1 amide bonds. The quantitative estimate of drug-likeness (QED) is 0.573. The van der Waals surface area contributed by atoms with E-state index in [1.165, 1.54) is 0 Å². The van der Waals surface area contributed by atoms with Gasteiger partial charge in [0.25, 0.3) is 0 Å². The van der Waals surface area contributed by atoms with Gasteiger partial charge in [-0.1, -0.05) is 11.7 Å². The number of nitrogens with zero attached hydrogens (tertiary/aromatic N) is 6. The minimum absolute atomic E-state index is 0.00567. The molecule has 2 N–H and O–H groups in total. The minimum atomic E-state index is -1.00. The Kier molecular flexibility index (Phi) is 5.33. The first-order valence-corrected chi connectivity index (χ1v) is 10.7. The van der Waals surface area contributed by atoms with Gasteiger partial charge in [-0.2, -0.15) is 4.98 Å². The van der Waals surface area contributed by atoms with E-state index < -0.39 is 6.17 Å². The van der Waals surface area contributed by atoms with Crippen molar-refractivity contribution in [3.05, 3.63) is 30.6 Å². The van der Waals surface area contributed by atoms with Crippen molar-refractivity contribution < 1.29 is 13.7 Å². The molecule has 1 aliphatic heterocycles. The van der Waals surface area contributed by atoms with Crippen molar-refractivity contribution in [1.82, 2.24) is 34.7 Å². The van der Waals surface area contributed by atoms with Gasteiger partial charge in [-0.25, -0.2) is 14.4 Å². The minimum Gasteiger partial charge on any atom is -0.361 e. The topological polar surface area (TPSA) is 113 Å². The van der Waals surface area contributed by atoms with Crippen LogP contribution in [0, 0.1) is 5.92 Å². The highest BCUT2D eigenvalue weighted by Crippen LogP contribution is 2.29. The van der Waals surface area contributed by atoms with E-state index in [2.05, 4.69) is 37.3 Å². The standard InChI is InChI=1S/C21H25FN8O2/c1-3-15-17(18-26-16(32-28-18)10-24-21(31)12-4-5-12)27-20-19(23-7-9-30(15)20)25-14-6-8-29(2)11-13(14)22/h3,7,9,12-14H,1,4-6,8,10-11H2,2H3,(H,23,25)(H,24,31)/t13-,14+/m0/s1. The molecule has 0 radical (unpaired) electrons. The highest BCUT2D eigenvalue weighted by Gasteiger charge is 2.30. The molecular weight excluding hydrogens is 415 g/mol. The van der Waals surface area contributed by atoms with Crippen LogP contribution in [0.1, 0.15) is 30.8 Å². The number of nitrogens with one attached hydrogen (secondary N) is 2. The number of aromatic nitrogens is 5. The second kappa shape index (κ2) is 8.30. The van der Waals surface area contributed by atoms with Crippen LogP contribution in [0.15, 0.2) is 23.5 Å². The molecule has 10 nitrogen and oxygen atoms in total. The van der Waals surface area contributed by atoms with Crippen molar-refractivity contribution >= 4 is 23.4 Å². The first kappa shape index (κ1) is 20.6. The van der Waals surface area contributed by atoms with Crippen molar-refractivity contribution in [3.8, 4) is 11.5 Å². The van der Waals surface area contributed by atoms with Crippen LogP contribution in [0.25, 0.3) is 23.2 Å². The van der Waals surface area contributed by atoms with Crippen molar-refractivity contribution in [2.45, 2.75) is 38.0 Å². The summed E-state index contributed by atoms with van der Waals surface area (Å²) in [5.41, 5.74) is 1.66. The summed E-state index contributed by atoms with van der Waals surface area (Å²) in [7, 11) is 1.91. The lowest BCUT2D eigenvalue weighted by atomic mass is 10.0. The van der Waals surface area contributed by atoms with E-state index in [1.54, 1.807) is 18.5 Å². The van der Waals surface area contributed by atoms with E-state index in [4.69, 9.17) is 4.52 Å². The van der Waals surface area contributed by atoms with E-state index in [0.717, 1.165) is 19.4 Å². The number of rotatable bonds is 7. The number of carbonyl (C=O) groups is 1. The van der Waals surface area contributed by atoms with Crippen molar-refractivity contribution in [2.75, 3.05) is 25.5 Å². The summed E-state index contributed by atoms with van der Waals surface area (Å²) in [6.45, 7) is 5.24. The molecule has 2 fully saturated rings. The number of piperidine rings is 1. The molecular formula is C21H25FN8O2. The Balaban J connectivity index is 1.41. The van der Waals surface area contributed by atoms with Crippen LogP contribution in [0.2, 0.25) is 0 Å². The number of imidazole rings is 1. The first-order chi connectivity index (χ1) is 15.5. The van der Waals surface area contributed by atoms with Crippen LogP contribution in [0.5, 0.6) is 0 Å². The maximum atomic E-state index is 14.5.